The average molecular weight is 888 g/mol. The van der Waals surface area contributed by atoms with Crippen molar-refractivity contribution in [1.82, 2.24) is 29.1 Å². The van der Waals surface area contributed by atoms with Crippen molar-refractivity contribution >= 4 is 46.7 Å². The van der Waals surface area contributed by atoms with Crippen LogP contribution in [0.15, 0.2) is 45.6 Å². The van der Waals surface area contributed by atoms with E-state index in [1.807, 2.05) is 59.0 Å². The van der Waals surface area contributed by atoms with Crippen molar-refractivity contribution in [1.29, 1.82) is 0 Å². The van der Waals surface area contributed by atoms with Gasteiger partial charge in [0.05, 0.1) is 18.5 Å². The maximum absolute atomic E-state index is 14.4. The fourth-order valence-corrected chi connectivity index (χ4v) is 9.92. The number of fused-ring (bicyclic) bond motifs is 2. The van der Waals surface area contributed by atoms with Crippen LogP contribution < -0.4 is 11.1 Å². The molecular formula is C47H65N7O10. The molecule has 3 saturated heterocycles. The number of methoxy groups -OCH3 is 1. The van der Waals surface area contributed by atoms with E-state index in [4.69, 9.17) is 18.6 Å². The molecule has 2 aromatic carbocycles. The Bertz CT molecular complexity index is 2180. The lowest BCUT2D eigenvalue weighted by Crippen LogP contribution is -2.52. The van der Waals surface area contributed by atoms with Crippen molar-refractivity contribution < 1.29 is 42.6 Å². The molecule has 1 atom stereocenters. The van der Waals surface area contributed by atoms with E-state index in [2.05, 4.69) is 5.32 Å². The summed E-state index contributed by atoms with van der Waals surface area (Å²) in [6, 6.07) is 11.3. The van der Waals surface area contributed by atoms with Crippen molar-refractivity contribution in [2.45, 2.75) is 83.3 Å². The summed E-state index contributed by atoms with van der Waals surface area (Å²) in [6.45, 7) is 7.81. The minimum Gasteiger partial charge on any atom is -0.464 e. The first-order chi connectivity index (χ1) is 30.9. The third kappa shape index (κ3) is 11.4. The summed E-state index contributed by atoms with van der Waals surface area (Å²) >= 11 is 0. The van der Waals surface area contributed by atoms with E-state index in [0.717, 1.165) is 55.5 Å². The standard InChI is InChI=1S/C47H65N7O10/c1-32-29-33(30-39-43(32)50(3)46(59)63-39)31-40(64-47(60)53-22-16-37(17-23-53)54-24-15-36-7-5-6-8-38(36)48-45(54)58)44(57)52-20-13-35(14-21-52)34-11-18-51(19-12-34)41(55)9-10-42(56)62-28-26-49(2)25-27-61-4/h5-8,29-30,34-35,37,40H,9-28,31H2,1-4H3,(H,48,58)/t40-/m1/s1. The third-order valence-corrected chi connectivity index (χ3v) is 13.7. The van der Waals surface area contributed by atoms with E-state index >= 15 is 0 Å². The average Bonchev–Trinajstić information content (AvgIpc) is 3.48. The summed E-state index contributed by atoms with van der Waals surface area (Å²) < 4.78 is 23.5. The number of carbonyl (C=O) groups is 5. The van der Waals surface area contributed by atoms with Gasteiger partial charge >= 0.3 is 23.8 Å². The Morgan fingerprint density at radius 1 is 0.844 bits per heavy atom. The number of esters is 1. The summed E-state index contributed by atoms with van der Waals surface area (Å²) in [5.74, 6) is -0.318. The van der Waals surface area contributed by atoms with E-state index in [0.29, 0.717) is 100 Å². The van der Waals surface area contributed by atoms with Gasteiger partial charge in [-0.05, 0) is 99.6 Å². The van der Waals surface area contributed by atoms with Gasteiger partial charge in [-0.2, -0.15) is 0 Å². The molecule has 3 aromatic rings. The highest BCUT2D eigenvalue weighted by Gasteiger charge is 2.37. The Hall–Kier alpha value is -5.42. The molecular weight excluding hydrogens is 823 g/mol. The number of benzene rings is 2. The SMILES string of the molecule is COCCN(C)CCOC(=O)CCC(=O)N1CCC(C2CCN(C(=O)[C@@H](Cc3cc(C)c4c(c3)oc(=O)n4C)OC(=O)N3CCC(N4CCc5ccccc5NC4=O)CC3)CC2)CC1. The minimum atomic E-state index is -1.10. The number of para-hydroxylation sites is 1. The zero-order valence-electron chi connectivity index (χ0n) is 37.9. The van der Waals surface area contributed by atoms with Crippen molar-refractivity contribution in [2.75, 3.05) is 91.6 Å². The van der Waals surface area contributed by atoms with E-state index in [9.17, 15) is 28.8 Å². The Balaban J connectivity index is 0.911. The number of oxazole rings is 1. The van der Waals surface area contributed by atoms with Crippen LogP contribution in [0.5, 0.6) is 0 Å². The Labute approximate surface area is 374 Å². The lowest BCUT2D eigenvalue weighted by molar-refractivity contribution is -0.146. The highest BCUT2D eigenvalue weighted by atomic mass is 16.6. The Morgan fingerprint density at radius 3 is 2.20 bits per heavy atom. The van der Waals surface area contributed by atoms with Crippen LogP contribution in [0.1, 0.15) is 68.1 Å². The quantitative estimate of drug-likeness (QED) is 0.214. The molecule has 17 heteroatoms. The molecule has 7 rings (SSSR count). The summed E-state index contributed by atoms with van der Waals surface area (Å²) in [5, 5.41) is 3.04. The molecule has 348 valence electrons. The van der Waals surface area contributed by atoms with Crippen LogP contribution in [-0.2, 0) is 48.5 Å². The highest BCUT2D eigenvalue weighted by molar-refractivity contribution is 5.91. The number of aryl methyl sites for hydroxylation is 2. The Kier molecular flexibility index (Phi) is 15.6. The molecule has 0 radical (unpaired) electrons. The second-order valence-electron chi connectivity index (χ2n) is 17.9. The van der Waals surface area contributed by atoms with Gasteiger partial charge in [-0.15, -0.1) is 0 Å². The second kappa shape index (κ2) is 21.5. The molecule has 5 amide bonds. The largest absolute Gasteiger partial charge is 0.464 e. The van der Waals surface area contributed by atoms with Gasteiger partial charge in [-0.1, -0.05) is 24.3 Å². The van der Waals surface area contributed by atoms with Gasteiger partial charge in [-0.25, -0.2) is 14.4 Å². The topological polar surface area (TPSA) is 176 Å². The van der Waals surface area contributed by atoms with Crippen LogP contribution in [0.25, 0.3) is 11.1 Å². The molecule has 1 aromatic heterocycles. The highest BCUT2D eigenvalue weighted by Crippen LogP contribution is 2.34. The van der Waals surface area contributed by atoms with E-state index < -0.39 is 18.0 Å². The lowest BCUT2D eigenvalue weighted by Gasteiger charge is -2.41. The van der Waals surface area contributed by atoms with Gasteiger partial charge in [0.15, 0.2) is 11.7 Å². The summed E-state index contributed by atoms with van der Waals surface area (Å²) in [7, 11) is 5.23. The maximum Gasteiger partial charge on any atom is 0.419 e. The number of rotatable bonds is 15. The fraction of sp³-hybridized carbons (Fsp3) is 0.617. The van der Waals surface area contributed by atoms with Crippen molar-refractivity contribution in [3.05, 3.63) is 63.6 Å². The van der Waals surface area contributed by atoms with Gasteiger partial charge < -0.3 is 48.4 Å². The fourth-order valence-electron chi connectivity index (χ4n) is 9.92. The molecule has 3 fully saturated rings. The van der Waals surface area contributed by atoms with E-state index in [-0.39, 0.29) is 55.7 Å². The van der Waals surface area contributed by atoms with Crippen molar-refractivity contribution in [3.63, 3.8) is 0 Å². The van der Waals surface area contributed by atoms with Crippen molar-refractivity contribution in [3.8, 4) is 0 Å². The smallest absolute Gasteiger partial charge is 0.419 e. The van der Waals surface area contributed by atoms with Crippen LogP contribution in [0.3, 0.4) is 0 Å². The number of nitrogens with one attached hydrogen (secondary N) is 1. The monoisotopic (exact) mass is 887 g/mol. The number of urea groups is 1. The summed E-state index contributed by atoms with van der Waals surface area (Å²) in [5.41, 5.74) is 4.53. The number of carbonyl (C=O) groups excluding carboxylic acids is 5. The minimum absolute atomic E-state index is 0.0297. The molecule has 4 aliphatic heterocycles. The number of piperidine rings is 3. The van der Waals surface area contributed by atoms with Crippen LogP contribution in [-0.4, -0.2) is 157 Å². The van der Waals surface area contributed by atoms with Crippen LogP contribution >= 0.6 is 0 Å². The van der Waals surface area contributed by atoms with Gasteiger partial charge in [0.2, 0.25) is 5.91 Å². The zero-order valence-corrected chi connectivity index (χ0v) is 37.9. The molecule has 1 N–H and O–H groups in total. The van der Waals surface area contributed by atoms with Crippen molar-refractivity contribution in [2.24, 2.45) is 18.9 Å². The molecule has 0 spiro atoms. The first-order valence-electron chi connectivity index (χ1n) is 23.0. The van der Waals surface area contributed by atoms with Gasteiger partial charge in [0.25, 0.3) is 5.91 Å². The third-order valence-electron chi connectivity index (χ3n) is 13.7. The normalized spacial score (nSPS) is 18.5. The van der Waals surface area contributed by atoms with E-state index in [1.165, 1.54) is 4.57 Å². The second-order valence-corrected chi connectivity index (χ2v) is 17.9. The first kappa shape index (κ1) is 46.6. The zero-order chi connectivity index (χ0) is 45.3. The summed E-state index contributed by atoms with van der Waals surface area (Å²) in [6.07, 6.45) is 3.91. The number of ether oxygens (including phenoxy) is 3. The summed E-state index contributed by atoms with van der Waals surface area (Å²) in [4.78, 5) is 88.3. The predicted octanol–water partition coefficient (Wildman–Crippen LogP) is 4.42. The number of nitrogens with zero attached hydrogens (tertiary/aromatic N) is 6. The number of amides is 5. The maximum atomic E-state index is 14.4. The molecule has 0 aliphatic carbocycles. The molecule has 4 aliphatic rings. The van der Waals surface area contributed by atoms with Crippen LogP contribution in [0, 0.1) is 18.8 Å². The number of anilines is 1. The number of hydrogen-bond donors (Lipinski definition) is 1. The lowest BCUT2D eigenvalue weighted by atomic mass is 9.78. The molecule has 0 unspecified atom stereocenters. The van der Waals surface area contributed by atoms with Crippen LogP contribution in [0.2, 0.25) is 0 Å². The first-order valence-corrected chi connectivity index (χ1v) is 23.0. The van der Waals surface area contributed by atoms with Gasteiger partial charge in [0.1, 0.15) is 6.61 Å². The number of hydrogen-bond acceptors (Lipinski definition) is 11. The number of likely N-dealkylation sites (tertiary alicyclic amines) is 3. The number of aromatic nitrogens is 1. The molecule has 0 bridgehead atoms. The molecule has 17 nitrogen and oxygen atoms in total. The Morgan fingerprint density at radius 2 is 1.50 bits per heavy atom. The predicted molar refractivity (Wildman–Crippen MR) is 239 cm³/mol. The van der Waals surface area contributed by atoms with Gasteiger partial charge in [-0.3, -0.25) is 19.0 Å². The molecule has 0 saturated carbocycles. The molecule has 64 heavy (non-hydrogen) atoms. The van der Waals surface area contributed by atoms with Gasteiger partial charge in [0, 0.05) is 97.6 Å². The number of likely N-dealkylation sites (N-methyl/N-ethyl adjacent to an activating group) is 1. The van der Waals surface area contributed by atoms with Crippen LogP contribution in [0.4, 0.5) is 15.3 Å². The van der Waals surface area contributed by atoms with E-state index in [1.54, 1.807) is 30.0 Å². The molecule has 5 heterocycles.